The van der Waals surface area contributed by atoms with Crippen molar-refractivity contribution in [3.8, 4) is 0 Å². The van der Waals surface area contributed by atoms with Crippen molar-refractivity contribution in [3.05, 3.63) is 65.5 Å². The van der Waals surface area contributed by atoms with Crippen LogP contribution in [0.2, 0.25) is 0 Å². The Balaban J connectivity index is 1.59. The smallest absolute Gasteiger partial charge is 0.222 e. The third-order valence-corrected chi connectivity index (χ3v) is 6.28. The number of benzene rings is 1. The fourth-order valence-electron chi connectivity index (χ4n) is 5.02. The topological polar surface area (TPSA) is 36.4 Å². The lowest BCUT2D eigenvalue weighted by molar-refractivity contribution is -0.134. The number of pyridine rings is 1. The van der Waals surface area contributed by atoms with E-state index in [0.29, 0.717) is 12.3 Å². The third-order valence-electron chi connectivity index (χ3n) is 6.28. The number of nitrogens with zero attached hydrogens (tertiary/aromatic N) is 3. The first-order valence-corrected chi connectivity index (χ1v) is 10.6. The summed E-state index contributed by atoms with van der Waals surface area (Å²) in [4.78, 5) is 21.7. The number of carbonyl (C=O) groups is 1. The molecule has 0 N–H and O–H groups in total. The second-order valence-electron chi connectivity index (χ2n) is 8.61. The van der Waals surface area contributed by atoms with Gasteiger partial charge >= 0.3 is 0 Å². The molecule has 4 nitrogen and oxygen atoms in total. The zero-order valence-electron chi connectivity index (χ0n) is 16.9. The van der Waals surface area contributed by atoms with E-state index in [1.54, 1.807) is 0 Å². The van der Waals surface area contributed by atoms with Gasteiger partial charge in [-0.3, -0.25) is 14.7 Å². The monoisotopic (exact) mass is 377 g/mol. The van der Waals surface area contributed by atoms with E-state index >= 15 is 0 Å². The van der Waals surface area contributed by atoms with Crippen LogP contribution in [0.3, 0.4) is 0 Å². The minimum Gasteiger partial charge on any atom is -0.338 e. The summed E-state index contributed by atoms with van der Waals surface area (Å²) in [5.41, 5.74) is 4.23. The maximum absolute atomic E-state index is 12.9. The van der Waals surface area contributed by atoms with Gasteiger partial charge in [0.05, 0.1) is 0 Å². The van der Waals surface area contributed by atoms with Crippen molar-refractivity contribution in [2.45, 2.75) is 52.1 Å². The van der Waals surface area contributed by atoms with E-state index in [1.165, 1.54) is 29.5 Å². The summed E-state index contributed by atoms with van der Waals surface area (Å²) < 4.78 is 0. The molecule has 4 heteroatoms. The molecule has 0 bridgehead atoms. The molecule has 1 spiro atoms. The largest absolute Gasteiger partial charge is 0.338 e. The van der Waals surface area contributed by atoms with E-state index < -0.39 is 0 Å². The maximum Gasteiger partial charge on any atom is 0.222 e. The van der Waals surface area contributed by atoms with Crippen LogP contribution in [0.25, 0.3) is 0 Å². The minimum absolute atomic E-state index is 0.154. The predicted octanol–water partition coefficient (Wildman–Crippen LogP) is 4.05. The van der Waals surface area contributed by atoms with E-state index in [-0.39, 0.29) is 5.41 Å². The van der Waals surface area contributed by atoms with Gasteiger partial charge in [0.1, 0.15) is 0 Å². The standard InChI is InChI=1S/C24H31N3O/c1-2-6-23(28)27-17-22-8-4-3-7-21(22)15-24(19-27)11-5-14-26(18-24)16-20-9-12-25-13-10-20/h3-4,7-10,12-13H,2,5-6,11,14-19H2,1H3. The van der Waals surface area contributed by atoms with Crippen molar-refractivity contribution in [2.24, 2.45) is 5.41 Å². The van der Waals surface area contributed by atoms with Gasteiger partial charge in [-0.1, -0.05) is 31.2 Å². The summed E-state index contributed by atoms with van der Waals surface area (Å²) in [6.45, 7) is 6.90. The number of fused-ring (bicyclic) bond motifs is 1. The highest BCUT2D eigenvalue weighted by atomic mass is 16.2. The number of likely N-dealkylation sites (tertiary alicyclic amines) is 1. The van der Waals surface area contributed by atoms with E-state index in [2.05, 4.69) is 58.1 Å². The zero-order valence-corrected chi connectivity index (χ0v) is 16.9. The van der Waals surface area contributed by atoms with Crippen LogP contribution in [0.15, 0.2) is 48.8 Å². The molecule has 3 heterocycles. The number of hydrogen-bond acceptors (Lipinski definition) is 3. The molecule has 1 amide bonds. The molecule has 2 aliphatic heterocycles. The van der Waals surface area contributed by atoms with Crippen LogP contribution in [0, 0.1) is 5.41 Å². The first-order valence-electron chi connectivity index (χ1n) is 10.6. The number of piperidine rings is 1. The molecule has 0 aliphatic carbocycles. The molecular formula is C24H31N3O. The van der Waals surface area contributed by atoms with Crippen molar-refractivity contribution in [1.29, 1.82) is 0 Å². The Morgan fingerprint density at radius 2 is 1.89 bits per heavy atom. The Labute approximate surface area is 168 Å². The molecule has 4 rings (SSSR count). The molecule has 1 atom stereocenters. The average molecular weight is 378 g/mol. The first-order chi connectivity index (χ1) is 13.7. The third kappa shape index (κ3) is 4.27. The number of amides is 1. The molecule has 28 heavy (non-hydrogen) atoms. The highest BCUT2D eigenvalue weighted by Gasteiger charge is 2.40. The summed E-state index contributed by atoms with van der Waals surface area (Å²) in [5.74, 6) is 0.310. The molecule has 1 unspecified atom stereocenters. The molecule has 0 radical (unpaired) electrons. The van der Waals surface area contributed by atoms with E-state index in [9.17, 15) is 4.79 Å². The van der Waals surface area contributed by atoms with Crippen LogP contribution in [0.1, 0.15) is 49.3 Å². The number of rotatable bonds is 4. The van der Waals surface area contributed by atoms with E-state index in [1.807, 2.05) is 12.4 Å². The lowest BCUT2D eigenvalue weighted by Gasteiger charge is -2.44. The summed E-state index contributed by atoms with van der Waals surface area (Å²) in [7, 11) is 0. The molecular weight excluding hydrogens is 346 g/mol. The average Bonchev–Trinajstić information content (AvgIpc) is 2.85. The summed E-state index contributed by atoms with van der Waals surface area (Å²) in [6, 6.07) is 13.0. The van der Waals surface area contributed by atoms with Gasteiger partial charge in [-0.15, -0.1) is 0 Å². The molecule has 1 saturated heterocycles. The number of aromatic nitrogens is 1. The lowest BCUT2D eigenvalue weighted by atomic mass is 9.74. The first kappa shape index (κ1) is 19.1. The van der Waals surface area contributed by atoms with E-state index in [0.717, 1.165) is 45.6 Å². The quantitative estimate of drug-likeness (QED) is 0.807. The second-order valence-corrected chi connectivity index (χ2v) is 8.61. The summed E-state index contributed by atoms with van der Waals surface area (Å²) in [6.07, 6.45) is 8.79. The van der Waals surface area contributed by atoms with Gasteiger partial charge in [0.2, 0.25) is 5.91 Å². The van der Waals surface area contributed by atoms with Crippen LogP contribution in [-0.4, -0.2) is 40.3 Å². The van der Waals surface area contributed by atoms with Crippen LogP contribution < -0.4 is 0 Å². The van der Waals surface area contributed by atoms with Crippen LogP contribution in [0.4, 0.5) is 0 Å². The van der Waals surface area contributed by atoms with Gasteiger partial charge in [0, 0.05) is 50.4 Å². The maximum atomic E-state index is 12.9. The van der Waals surface area contributed by atoms with Gasteiger partial charge < -0.3 is 4.90 Å². The Morgan fingerprint density at radius 1 is 1.11 bits per heavy atom. The van der Waals surface area contributed by atoms with Crippen molar-refractivity contribution < 1.29 is 4.79 Å². The van der Waals surface area contributed by atoms with E-state index in [4.69, 9.17) is 0 Å². The molecule has 0 saturated carbocycles. The zero-order chi connectivity index (χ0) is 19.4. The van der Waals surface area contributed by atoms with Gasteiger partial charge in [-0.2, -0.15) is 0 Å². The Hall–Kier alpha value is -2.20. The molecule has 2 aliphatic rings. The fraction of sp³-hybridized carbons (Fsp3) is 0.500. The fourth-order valence-corrected chi connectivity index (χ4v) is 5.02. The molecule has 1 fully saturated rings. The predicted molar refractivity (Wildman–Crippen MR) is 112 cm³/mol. The highest BCUT2D eigenvalue weighted by molar-refractivity contribution is 5.76. The van der Waals surface area contributed by atoms with Crippen molar-refractivity contribution in [2.75, 3.05) is 19.6 Å². The minimum atomic E-state index is 0.154. The van der Waals surface area contributed by atoms with Crippen LogP contribution in [0.5, 0.6) is 0 Å². The van der Waals surface area contributed by atoms with Crippen LogP contribution >= 0.6 is 0 Å². The number of carbonyl (C=O) groups excluding carboxylic acids is 1. The van der Waals surface area contributed by atoms with Crippen molar-refractivity contribution in [1.82, 2.24) is 14.8 Å². The van der Waals surface area contributed by atoms with Crippen molar-refractivity contribution in [3.63, 3.8) is 0 Å². The van der Waals surface area contributed by atoms with Gasteiger partial charge in [-0.05, 0) is 61.1 Å². The summed E-state index contributed by atoms with van der Waals surface area (Å²) >= 11 is 0. The molecule has 148 valence electrons. The SMILES string of the molecule is CCCC(=O)N1Cc2ccccc2CC2(CCCN(Cc3ccncc3)C2)C1. The van der Waals surface area contributed by atoms with Crippen LogP contribution in [-0.2, 0) is 24.3 Å². The van der Waals surface area contributed by atoms with Gasteiger partial charge in [0.15, 0.2) is 0 Å². The molecule has 1 aromatic heterocycles. The Kier molecular flexibility index (Phi) is 5.77. The molecule has 2 aromatic rings. The normalized spacial score (nSPS) is 22.7. The number of hydrogen-bond donors (Lipinski definition) is 0. The summed E-state index contributed by atoms with van der Waals surface area (Å²) in [5, 5.41) is 0. The van der Waals surface area contributed by atoms with Gasteiger partial charge in [0.25, 0.3) is 0 Å². The lowest BCUT2D eigenvalue weighted by Crippen LogP contribution is -2.50. The van der Waals surface area contributed by atoms with Gasteiger partial charge in [-0.25, -0.2) is 0 Å². The Morgan fingerprint density at radius 3 is 2.68 bits per heavy atom. The highest BCUT2D eigenvalue weighted by Crippen LogP contribution is 2.39. The van der Waals surface area contributed by atoms with Crippen molar-refractivity contribution >= 4 is 5.91 Å². The molecule has 1 aromatic carbocycles. The second kappa shape index (κ2) is 8.44. The Bertz CT molecular complexity index is 807.